The molecular formula is C31H22N6O2S. The number of sulfonamides is 1. The maximum atomic E-state index is 13.1. The van der Waals surface area contributed by atoms with E-state index in [0.717, 1.165) is 27.7 Å². The summed E-state index contributed by atoms with van der Waals surface area (Å²) in [6, 6.07) is 30.2. The van der Waals surface area contributed by atoms with E-state index in [4.69, 9.17) is 4.98 Å². The molecule has 0 aliphatic heterocycles. The average molecular weight is 543 g/mol. The lowest BCUT2D eigenvalue weighted by molar-refractivity contribution is 0.602. The van der Waals surface area contributed by atoms with E-state index in [-0.39, 0.29) is 4.90 Å². The molecule has 7 rings (SSSR count). The van der Waals surface area contributed by atoms with Gasteiger partial charge in [-0.3, -0.25) is 9.71 Å². The number of fused-ring (bicyclic) bond motifs is 3. The summed E-state index contributed by atoms with van der Waals surface area (Å²) in [4.78, 5) is 13.7. The maximum absolute atomic E-state index is 13.1. The van der Waals surface area contributed by atoms with Crippen LogP contribution in [0.1, 0.15) is 0 Å². The molecule has 3 heterocycles. The van der Waals surface area contributed by atoms with Crippen molar-refractivity contribution in [3.05, 3.63) is 122 Å². The minimum Gasteiger partial charge on any atom is -0.337 e. The third-order valence-corrected chi connectivity index (χ3v) is 8.12. The van der Waals surface area contributed by atoms with Crippen molar-refractivity contribution in [2.45, 2.75) is 4.90 Å². The predicted octanol–water partition coefficient (Wildman–Crippen LogP) is 6.64. The highest BCUT2D eigenvalue weighted by Crippen LogP contribution is 2.28. The summed E-state index contributed by atoms with van der Waals surface area (Å²) in [6.45, 7) is 0. The second kappa shape index (κ2) is 9.48. The highest BCUT2D eigenvalue weighted by molar-refractivity contribution is 7.93. The highest BCUT2D eigenvalue weighted by atomic mass is 32.2. The van der Waals surface area contributed by atoms with Gasteiger partial charge in [-0.2, -0.15) is 0 Å². The number of anilines is 3. The topological polar surface area (TPSA) is 101 Å². The van der Waals surface area contributed by atoms with Gasteiger partial charge in [0.15, 0.2) is 11.5 Å². The van der Waals surface area contributed by atoms with Crippen molar-refractivity contribution < 1.29 is 8.42 Å². The first-order valence-electron chi connectivity index (χ1n) is 12.6. The van der Waals surface area contributed by atoms with Crippen LogP contribution in [-0.2, 0) is 10.0 Å². The molecule has 40 heavy (non-hydrogen) atoms. The van der Waals surface area contributed by atoms with Crippen molar-refractivity contribution in [3.8, 4) is 11.3 Å². The molecule has 194 valence electrons. The van der Waals surface area contributed by atoms with Crippen LogP contribution in [0.2, 0.25) is 0 Å². The van der Waals surface area contributed by atoms with Gasteiger partial charge in [0, 0.05) is 47.1 Å². The molecular weight excluding hydrogens is 520 g/mol. The zero-order valence-corrected chi connectivity index (χ0v) is 21.9. The van der Waals surface area contributed by atoms with E-state index in [1.165, 1.54) is 5.39 Å². The summed E-state index contributed by atoms with van der Waals surface area (Å²) >= 11 is 0. The fraction of sp³-hybridized carbons (Fsp3) is 0. The van der Waals surface area contributed by atoms with Gasteiger partial charge in [-0.05, 0) is 53.2 Å². The standard InChI is InChI=1S/C31H22N6O2S/c38-40(39,28-9-3-7-22-8-4-16-32-29(22)28)36-26-14-12-25(13-15-26)34-30-31-35-27(20-37(31)18-17-33-30)24-11-10-21-5-1-2-6-23(21)19-24/h1-20,36H,(H,33,34). The van der Waals surface area contributed by atoms with Crippen LogP contribution in [0.25, 0.3) is 38.6 Å². The first-order chi connectivity index (χ1) is 19.5. The van der Waals surface area contributed by atoms with Gasteiger partial charge in [0.1, 0.15) is 4.90 Å². The lowest BCUT2D eigenvalue weighted by Crippen LogP contribution is -2.13. The van der Waals surface area contributed by atoms with Crippen molar-refractivity contribution in [2.24, 2.45) is 0 Å². The monoisotopic (exact) mass is 542 g/mol. The van der Waals surface area contributed by atoms with Crippen LogP contribution in [0.4, 0.5) is 17.2 Å². The van der Waals surface area contributed by atoms with Gasteiger partial charge in [0.05, 0.1) is 11.2 Å². The minimum atomic E-state index is -3.84. The van der Waals surface area contributed by atoms with E-state index in [1.807, 2.05) is 41.1 Å². The quantitative estimate of drug-likeness (QED) is 0.244. The molecule has 0 radical (unpaired) electrons. The number of benzene rings is 4. The van der Waals surface area contributed by atoms with E-state index < -0.39 is 10.0 Å². The highest BCUT2D eigenvalue weighted by Gasteiger charge is 2.18. The molecule has 0 aliphatic rings. The van der Waals surface area contributed by atoms with Crippen molar-refractivity contribution >= 4 is 54.5 Å². The number of para-hydroxylation sites is 1. The Kier molecular flexibility index (Phi) is 5.64. The van der Waals surface area contributed by atoms with Gasteiger partial charge in [-0.1, -0.05) is 54.6 Å². The first kappa shape index (κ1) is 23.8. The normalized spacial score (nSPS) is 11.7. The number of pyridine rings is 1. The van der Waals surface area contributed by atoms with Gasteiger partial charge in [0.2, 0.25) is 0 Å². The summed E-state index contributed by atoms with van der Waals surface area (Å²) in [5.74, 6) is 0.588. The zero-order chi connectivity index (χ0) is 27.1. The molecule has 0 amide bonds. The molecule has 0 aliphatic carbocycles. The zero-order valence-electron chi connectivity index (χ0n) is 21.1. The minimum absolute atomic E-state index is 0.130. The third kappa shape index (κ3) is 4.38. The molecule has 0 spiro atoms. The molecule has 7 aromatic rings. The number of hydrogen-bond acceptors (Lipinski definition) is 6. The molecule has 2 N–H and O–H groups in total. The Morgan fingerprint density at radius 1 is 0.700 bits per heavy atom. The summed E-state index contributed by atoms with van der Waals surface area (Å²) in [7, 11) is -3.84. The van der Waals surface area contributed by atoms with Gasteiger partial charge in [0.25, 0.3) is 10.0 Å². The van der Waals surface area contributed by atoms with E-state index in [9.17, 15) is 8.42 Å². The summed E-state index contributed by atoms with van der Waals surface area (Å²) < 4.78 is 30.9. The number of nitrogens with zero attached hydrogens (tertiary/aromatic N) is 4. The van der Waals surface area contributed by atoms with Crippen LogP contribution in [0.15, 0.2) is 127 Å². The van der Waals surface area contributed by atoms with Crippen LogP contribution < -0.4 is 10.0 Å². The Labute approximate surface area is 230 Å². The maximum Gasteiger partial charge on any atom is 0.264 e. The Morgan fingerprint density at radius 2 is 1.48 bits per heavy atom. The average Bonchev–Trinajstić information content (AvgIpc) is 3.43. The summed E-state index contributed by atoms with van der Waals surface area (Å²) in [5, 5.41) is 6.40. The molecule has 0 saturated heterocycles. The molecule has 3 aromatic heterocycles. The largest absolute Gasteiger partial charge is 0.337 e. The Hall–Kier alpha value is -5.28. The smallest absolute Gasteiger partial charge is 0.264 e. The lowest BCUT2D eigenvalue weighted by atomic mass is 10.1. The van der Waals surface area contributed by atoms with Crippen LogP contribution in [0.5, 0.6) is 0 Å². The van der Waals surface area contributed by atoms with Crippen LogP contribution in [-0.4, -0.2) is 27.8 Å². The summed E-state index contributed by atoms with van der Waals surface area (Å²) in [6.07, 6.45) is 7.13. The SMILES string of the molecule is O=S(=O)(Nc1ccc(Nc2nccn3cc(-c4ccc5ccccc5c4)nc23)cc1)c1cccc2cccnc12. The molecule has 0 atom stereocenters. The number of aromatic nitrogens is 4. The molecule has 9 heteroatoms. The molecule has 0 unspecified atom stereocenters. The van der Waals surface area contributed by atoms with E-state index in [0.29, 0.717) is 22.7 Å². The van der Waals surface area contributed by atoms with E-state index in [1.54, 1.807) is 54.9 Å². The van der Waals surface area contributed by atoms with E-state index >= 15 is 0 Å². The Bertz CT molecular complexity index is 2130. The Balaban J connectivity index is 1.14. The molecule has 0 fully saturated rings. The molecule has 8 nitrogen and oxygen atoms in total. The van der Waals surface area contributed by atoms with Crippen molar-refractivity contribution in [2.75, 3.05) is 10.0 Å². The van der Waals surface area contributed by atoms with Crippen molar-refractivity contribution in [3.63, 3.8) is 0 Å². The lowest BCUT2D eigenvalue weighted by Gasteiger charge is -2.11. The van der Waals surface area contributed by atoms with Gasteiger partial charge in [-0.15, -0.1) is 0 Å². The fourth-order valence-corrected chi connectivity index (χ4v) is 6.00. The van der Waals surface area contributed by atoms with Gasteiger partial charge in [-0.25, -0.2) is 18.4 Å². The number of imidazole rings is 1. The number of hydrogen-bond donors (Lipinski definition) is 2. The van der Waals surface area contributed by atoms with Crippen molar-refractivity contribution in [1.29, 1.82) is 0 Å². The molecule has 0 saturated carbocycles. The summed E-state index contributed by atoms with van der Waals surface area (Å²) in [5.41, 5.74) is 4.15. The van der Waals surface area contributed by atoms with Crippen LogP contribution in [0, 0.1) is 0 Å². The van der Waals surface area contributed by atoms with Gasteiger partial charge < -0.3 is 9.72 Å². The third-order valence-electron chi connectivity index (χ3n) is 6.71. The Morgan fingerprint density at radius 3 is 2.35 bits per heavy atom. The second-order valence-corrected chi connectivity index (χ2v) is 11.0. The van der Waals surface area contributed by atoms with Crippen LogP contribution >= 0.6 is 0 Å². The molecule has 4 aromatic carbocycles. The van der Waals surface area contributed by atoms with E-state index in [2.05, 4.69) is 50.3 Å². The number of nitrogens with one attached hydrogen (secondary N) is 2. The second-order valence-electron chi connectivity index (χ2n) is 9.33. The first-order valence-corrected chi connectivity index (χ1v) is 14.1. The van der Waals surface area contributed by atoms with Gasteiger partial charge >= 0.3 is 0 Å². The molecule has 0 bridgehead atoms. The number of rotatable bonds is 6. The van der Waals surface area contributed by atoms with Crippen LogP contribution in [0.3, 0.4) is 0 Å². The van der Waals surface area contributed by atoms with Crippen molar-refractivity contribution in [1.82, 2.24) is 19.4 Å². The fourth-order valence-electron chi connectivity index (χ4n) is 4.76. The predicted molar refractivity (Wildman–Crippen MR) is 158 cm³/mol.